The Bertz CT molecular complexity index is 552. The van der Waals surface area contributed by atoms with Crippen LogP contribution in [0.2, 0.25) is 0 Å². The van der Waals surface area contributed by atoms with Gasteiger partial charge in [0.25, 0.3) is 5.56 Å². The Hall–Kier alpha value is -1.00. The third-order valence-electron chi connectivity index (χ3n) is 2.70. The van der Waals surface area contributed by atoms with Crippen LogP contribution in [-0.4, -0.2) is 48.2 Å². The highest BCUT2D eigenvalue weighted by molar-refractivity contribution is 9.10. The van der Waals surface area contributed by atoms with Crippen LogP contribution in [0.3, 0.4) is 0 Å². The van der Waals surface area contributed by atoms with Crippen molar-refractivity contribution in [3.05, 3.63) is 33.1 Å². The second-order valence-electron chi connectivity index (χ2n) is 3.90. The Morgan fingerprint density at radius 3 is 2.72 bits per heavy atom. The average molecular weight is 323 g/mol. The van der Waals surface area contributed by atoms with Crippen LogP contribution in [0.25, 0.3) is 0 Å². The van der Waals surface area contributed by atoms with Gasteiger partial charge in [-0.3, -0.25) is 14.3 Å². The Balaban J connectivity index is 2.45. The zero-order valence-corrected chi connectivity index (χ0v) is 10.6. The predicted octanol–water partition coefficient (Wildman–Crippen LogP) is -2.13. The lowest BCUT2D eigenvalue weighted by atomic mass is 10.1. The van der Waals surface area contributed by atoms with Crippen molar-refractivity contribution < 1.29 is 20.1 Å². The molecule has 0 aliphatic carbocycles. The van der Waals surface area contributed by atoms with E-state index in [0.717, 1.165) is 16.8 Å². The van der Waals surface area contributed by atoms with Crippen LogP contribution < -0.4 is 11.2 Å². The molecule has 0 saturated carbocycles. The lowest BCUT2D eigenvalue weighted by Crippen LogP contribution is -2.44. The van der Waals surface area contributed by atoms with Gasteiger partial charge in [0.05, 0.1) is 6.61 Å². The van der Waals surface area contributed by atoms with Crippen LogP contribution in [0.4, 0.5) is 0 Å². The van der Waals surface area contributed by atoms with Gasteiger partial charge < -0.3 is 20.1 Å². The second kappa shape index (κ2) is 4.59. The van der Waals surface area contributed by atoms with E-state index in [-0.39, 0.29) is 0 Å². The third-order valence-corrected chi connectivity index (χ3v) is 3.56. The molecule has 0 spiro atoms. The summed E-state index contributed by atoms with van der Waals surface area (Å²) in [6.07, 6.45) is -2.61. The van der Waals surface area contributed by atoms with Gasteiger partial charge in [-0.2, -0.15) is 0 Å². The van der Waals surface area contributed by atoms with E-state index in [4.69, 9.17) is 9.84 Å². The molecule has 4 N–H and O–H groups in total. The minimum atomic E-state index is -1.94. The summed E-state index contributed by atoms with van der Waals surface area (Å²) in [5.74, 6) is 0. The zero-order chi connectivity index (χ0) is 13.5. The molecular weight excluding hydrogens is 312 g/mol. The van der Waals surface area contributed by atoms with Gasteiger partial charge in [0.1, 0.15) is 12.2 Å². The molecule has 0 unspecified atom stereocenters. The summed E-state index contributed by atoms with van der Waals surface area (Å²) in [7, 11) is 0. The van der Waals surface area contributed by atoms with Crippen molar-refractivity contribution in [1.82, 2.24) is 9.55 Å². The minimum absolute atomic E-state index is 0.524. The average Bonchev–Trinajstić information content (AvgIpc) is 2.52. The van der Waals surface area contributed by atoms with E-state index < -0.39 is 40.8 Å². The molecule has 0 aromatic carbocycles. The number of hydrogen-bond donors (Lipinski definition) is 4. The van der Waals surface area contributed by atoms with Crippen molar-refractivity contribution in [2.45, 2.75) is 22.9 Å². The number of rotatable bonds is 2. The van der Waals surface area contributed by atoms with Crippen LogP contribution in [0, 0.1) is 0 Å². The number of nitrogens with one attached hydrogen (secondary N) is 1. The highest BCUT2D eigenvalue weighted by atomic mass is 79.9. The lowest BCUT2D eigenvalue weighted by Gasteiger charge is -2.25. The monoisotopic (exact) mass is 322 g/mol. The van der Waals surface area contributed by atoms with Gasteiger partial charge in [-0.25, -0.2) is 4.79 Å². The van der Waals surface area contributed by atoms with Crippen molar-refractivity contribution in [1.29, 1.82) is 0 Å². The Labute approximate surface area is 109 Å². The summed E-state index contributed by atoms with van der Waals surface area (Å²) in [5.41, 5.74) is -1.39. The van der Waals surface area contributed by atoms with Gasteiger partial charge in [-0.05, 0) is 15.9 Å². The molecule has 9 heteroatoms. The van der Waals surface area contributed by atoms with Crippen LogP contribution >= 0.6 is 15.9 Å². The molecule has 1 fully saturated rings. The first kappa shape index (κ1) is 13.4. The molecule has 1 aliphatic rings. The van der Waals surface area contributed by atoms with E-state index in [1.165, 1.54) is 0 Å². The van der Waals surface area contributed by atoms with Gasteiger partial charge in [-0.15, -0.1) is 0 Å². The maximum Gasteiger partial charge on any atom is 0.330 e. The van der Waals surface area contributed by atoms with Gasteiger partial charge in [0, 0.05) is 12.3 Å². The molecule has 1 aromatic heterocycles. The molecular formula is C9H11BrN2O6. The number of H-pyrrole nitrogens is 1. The van der Waals surface area contributed by atoms with Crippen molar-refractivity contribution in [2.24, 2.45) is 0 Å². The van der Waals surface area contributed by atoms with Crippen LogP contribution in [0.5, 0.6) is 0 Å². The number of aliphatic hydroxyl groups excluding tert-OH is 2. The lowest BCUT2D eigenvalue weighted by molar-refractivity contribution is -0.0609. The van der Waals surface area contributed by atoms with E-state index in [1.54, 1.807) is 0 Å². The van der Waals surface area contributed by atoms with E-state index in [2.05, 4.69) is 15.9 Å². The largest absolute Gasteiger partial charge is 0.394 e. The standard InChI is InChI=1S/C9H11BrN2O6/c10-9(17)6(15)4(3-13)18-7(9)12-2-1-5(14)11-8(12)16/h1-2,4,6-7,13,15,17H,3H2,(H,11,14,16)/t4-,6-,7-,9-/m1/s1. The third kappa shape index (κ3) is 2.04. The number of aliphatic hydroxyl groups is 3. The van der Waals surface area contributed by atoms with E-state index in [9.17, 15) is 19.8 Å². The Kier molecular flexibility index (Phi) is 3.43. The number of aromatic amines is 1. The molecule has 2 heterocycles. The fourth-order valence-corrected chi connectivity index (χ4v) is 2.38. The molecule has 4 atom stereocenters. The van der Waals surface area contributed by atoms with Gasteiger partial charge in [0.2, 0.25) is 0 Å². The van der Waals surface area contributed by atoms with E-state index >= 15 is 0 Å². The molecule has 0 amide bonds. The molecule has 0 bridgehead atoms. The number of nitrogens with zero attached hydrogens (tertiary/aromatic N) is 1. The second-order valence-corrected chi connectivity index (χ2v) is 5.17. The number of aromatic nitrogens is 2. The summed E-state index contributed by atoms with van der Waals surface area (Å²) in [4.78, 5) is 24.5. The van der Waals surface area contributed by atoms with E-state index in [0.29, 0.717) is 0 Å². The molecule has 2 rings (SSSR count). The zero-order valence-electron chi connectivity index (χ0n) is 8.99. The molecule has 8 nitrogen and oxygen atoms in total. The molecule has 1 aliphatic heterocycles. The summed E-state index contributed by atoms with van der Waals surface area (Å²) in [6, 6.07) is 1.08. The fourth-order valence-electron chi connectivity index (χ4n) is 1.76. The Morgan fingerprint density at radius 1 is 1.56 bits per heavy atom. The van der Waals surface area contributed by atoms with Crippen LogP contribution in [0.1, 0.15) is 6.23 Å². The first-order valence-corrected chi connectivity index (χ1v) is 5.84. The van der Waals surface area contributed by atoms with Gasteiger partial charge in [-0.1, -0.05) is 0 Å². The molecule has 1 saturated heterocycles. The molecule has 1 aromatic rings. The Morgan fingerprint density at radius 2 is 2.22 bits per heavy atom. The highest BCUT2D eigenvalue weighted by Crippen LogP contribution is 2.41. The summed E-state index contributed by atoms with van der Waals surface area (Å²) in [5, 5.41) is 28.8. The van der Waals surface area contributed by atoms with E-state index in [1.807, 2.05) is 4.98 Å². The fraction of sp³-hybridized carbons (Fsp3) is 0.556. The number of ether oxygens (including phenoxy) is 1. The first-order chi connectivity index (χ1) is 8.37. The molecule has 100 valence electrons. The summed E-state index contributed by atoms with van der Waals surface area (Å²) >= 11 is 2.86. The molecule has 0 radical (unpaired) electrons. The SMILES string of the molecule is O=c1ccn([C@@H]2O[C@H](CO)[C@@H](O)[C@]2(O)Br)c(=O)[nH]1. The maximum atomic E-state index is 11.6. The summed E-state index contributed by atoms with van der Waals surface area (Å²) < 4.78 is 4.16. The molecule has 18 heavy (non-hydrogen) atoms. The van der Waals surface area contributed by atoms with Crippen LogP contribution in [0.15, 0.2) is 21.9 Å². The van der Waals surface area contributed by atoms with Gasteiger partial charge >= 0.3 is 5.69 Å². The number of alkyl halides is 1. The number of halogens is 1. The normalized spacial score (nSPS) is 35.9. The maximum absolute atomic E-state index is 11.6. The van der Waals surface area contributed by atoms with Crippen molar-refractivity contribution in [3.8, 4) is 0 Å². The van der Waals surface area contributed by atoms with Crippen molar-refractivity contribution >= 4 is 15.9 Å². The number of hydrogen-bond acceptors (Lipinski definition) is 6. The quantitative estimate of drug-likeness (QED) is 0.461. The predicted molar refractivity (Wildman–Crippen MR) is 62.2 cm³/mol. The smallest absolute Gasteiger partial charge is 0.330 e. The topological polar surface area (TPSA) is 125 Å². The minimum Gasteiger partial charge on any atom is -0.394 e. The first-order valence-electron chi connectivity index (χ1n) is 5.05. The summed E-state index contributed by atoms with van der Waals surface area (Å²) in [6.45, 7) is -0.524. The highest BCUT2D eigenvalue weighted by Gasteiger charge is 2.54. The van der Waals surface area contributed by atoms with Crippen molar-refractivity contribution in [2.75, 3.05) is 6.61 Å². The van der Waals surface area contributed by atoms with Crippen molar-refractivity contribution in [3.63, 3.8) is 0 Å². The van der Waals surface area contributed by atoms with Crippen LogP contribution in [-0.2, 0) is 4.74 Å². The van der Waals surface area contributed by atoms with Gasteiger partial charge in [0.15, 0.2) is 10.7 Å².